The van der Waals surface area contributed by atoms with Crippen molar-refractivity contribution in [2.24, 2.45) is 5.41 Å². The molecule has 0 aromatic carbocycles. The number of amides is 1. The smallest absolute Gasteiger partial charge is 0.311 e. The van der Waals surface area contributed by atoms with E-state index in [0.717, 1.165) is 6.42 Å². The summed E-state index contributed by atoms with van der Waals surface area (Å²) < 4.78 is 0. The number of nitrogens with one attached hydrogen (secondary N) is 1. The molecule has 1 unspecified atom stereocenters. The van der Waals surface area contributed by atoms with Crippen LogP contribution in [0.4, 0.5) is 0 Å². The lowest BCUT2D eigenvalue weighted by Crippen LogP contribution is -2.50. The van der Waals surface area contributed by atoms with E-state index in [-0.39, 0.29) is 12.1 Å². The van der Waals surface area contributed by atoms with Gasteiger partial charge in [-0.1, -0.05) is 13.3 Å². The van der Waals surface area contributed by atoms with Crippen LogP contribution in [0.5, 0.6) is 0 Å². The maximum absolute atomic E-state index is 12.4. The molecule has 1 aliphatic rings. The molecule has 6 heteroatoms. The Morgan fingerprint density at radius 2 is 2.24 bits per heavy atom. The molecule has 2 N–H and O–H groups in total. The number of nitrogens with zero attached hydrogens (tertiary/aromatic N) is 1. The Hall–Kier alpha value is -2.11. The zero-order valence-electron chi connectivity index (χ0n) is 12.1. The molecule has 1 atom stereocenters. The number of aromatic nitrogens is 1. The van der Waals surface area contributed by atoms with E-state index in [1.54, 1.807) is 6.07 Å². The topological polar surface area (TPSA) is 90.5 Å². The van der Waals surface area contributed by atoms with E-state index in [4.69, 9.17) is 0 Å². The highest BCUT2D eigenvalue weighted by Gasteiger charge is 2.43. The first kappa shape index (κ1) is 15.3. The number of pyridine rings is 1. The second-order valence-corrected chi connectivity index (χ2v) is 5.58. The molecule has 0 spiro atoms. The number of H-pyrrole nitrogens is 1. The SMILES string of the molecule is CCCC1(C(=O)O)CCCN(C(=O)c2ccc[nH]c2=O)C1. The maximum Gasteiger partial charge on any atom is 0.311 e. The lowest BCUT2D eigenvalue weighted by atomic mass is 9.76. The number of hydrogen-bond donors (Lipinski definition) is 2. The van der Waals surface area contributed by atoms with Gasteiger partial charge in [-0.3, -0.25) is 14.4 Å². The molecule has 1 saturated heterocycles. The van der Waals surface area contributed by atoms with Gasteiger partial charge in [0.1, 0.15) is 5.56 Å². The van der Waals surface area contributed by atoms with E-state index in [9.17, 15) is 19.5 Å². The summed E-state index contributed by atoms with van der Waals surface area (Å²) in [6.45, 7) is 2.60. The fourth-order valence-corrected chi connectivity index (χ4v) is 3.03. The molecule has 1 fully saturated rings. The zero-order chi connectivity index (χ0) is 15.5. The van der Waals surface area contributed by atoms with Gasteiger partial charge in [-0.25, -0.2) is 0 Å². The summed E-state index contributed by atoms with van der Waals surface area (Å²) in [5, 5.41) is 9.54. The van der Waals surface area contributed by atoms with Gasteiger partial charge >= 0.3 is 5.97 Å². The molecular weight excluding hydrogens is 272 g/mol. The van der Waals surface area contributed by atoms with Crippen LogP contribution in [0.3, 0.4) is 0 Å². The van der Waals surface area contributed by atoms with Gasteiger partial charge in [-0.2, -0.15) is 0 Å². The van der Waals surface area contributed by atoms with Crippen LogP contribution in [0.2, 0.25) is 0 Å². The van der Waals surface area contributed by atoms with Gasteiger partial charge in [0.2, 0.25) is 0 Å². The van der Waals surface area contributed by atoms with Crippen molar-refractivity contribution in [1.29, 1.82) is 0 Å². The fourth-order valence-electron chi connectivity index (χ4n) is 3.03. The number of carbonyl (C=O) groups excluding carboxylic acids is 1. The first-order valence-electron chi connectivity index (χ1n) is 7.20. The number of hydrogen-bond acceptors (Lipinski definition) is 3. The second kappa shape index (κ2) is 6.11. The summed E-state index contributed by atoms with van der Waals surface area (Å²) in [4.78, 5) is 39.8. The standard InChI is InChI=1S/C15H20N2O4/c1-2-6-15(14(20)21)7-4-9-17(10-15)13(19)11-5-3-8-16-12(11)18/h3,5,8H,2,4,6-7,9-10H2,1H3,(H,16,18)(H,20,21). The maximum atomic E-state index is 12.4. The first-order valence-corrected chi connectivity index (χ1v) is 7.20. The van der Waals surface area contributed by atoms with Crippen molar-refractivity contribution in [3.8, 4) is 0 Å². The lowest BCUT2D eigenvalue weighted by Gasteiger charge is -2.39. The molecule has 0 aliphatic carbocycles. The summed E-state index contributed by atoms with van der Waals surface area (Å²) in [7, 11) is 0. The monoisotopic (exact) mass is 292 g/mol. The predicted molar refractivity (Wildman–Crippen MR) is 77.2 cm³/mol. The average molecular weight is 292 g/mol. The highest BCUT2D eigenvalue weighted by atomic mass is 16.4. The third-order valence-electron chi connectivity index (χ3n) is 4.09. The minimum Gasteiger partial charge on any atom is -0.481 e. The van der Waals surface area contributed by atoms with Crippen LogP contribution in [0.15, 0.2) is 23.1 Å². The fraction of sp³-hybridized carbons (Fsp3) is 0.533. The predicted octanol–water partition coefficient (Wildman–Crippen LogP) is 1.48. The highest BCUT2D eigenvalue weighted by Crippen LogP contribution is 2.35. The van der Waals surface area contributed by atoms with Crippen molar-refractivity contribution >= 4 is 11.9 Å². The van der Waals surface area contributed by atoms with Gasteiger partial charge < -0.3 is 15.0 Å². The molecule has 0 saturated carbocycles. The molecule has 0 bridgehead atoms. The number of aromatic amines is 1. The molecule has 1 amide bonds. The molecule has 1 aliphatic heterocycles. The quantitative estimate of drug-likeness (QED) is 0.879. The Kier molecular flexibility index (Phi) is 4.45. The number of carbonyl (C=O) groups is 2. The van der Waals surface area contributed by atoms with Gasteiger partial charge in [-0.05, 0) is 31.4 Å². The first-order chi connectivity index (χ1) is 10.00. The number of aliphatic carboxylic acids is 1. The Labute approximate surface area is 122 Å². The largest absolute Gasteiger partial charge is 0.481 e. The number of carboxylic acid groups (broad SMARTS) is 1. The zero-order valence-corrected chi connectivity index (χ0v) is 12.1. The Balaban J connectivity index is 2.25. The van der Waals surface area contributed by atoms with Crippen molar-refractivity contribution in [3.05, 3.63) is 34.2 Å². The summed E-state index contributed by atoms with van der Waals surface area (Å²) in [5.41, 5.74) is -1.26. The summed E-state index contributed by atoms with van der Waals surface area (Å²) in [5.74, 6) is -1.25. The van der Waals surface area contributed by atoms with Crippen LogP contribution in [0.25, 0.3) is 0 Å². The Morgan fingerprint density at radius 1 is 1.48 bits per heavy atom. The Morgan fingerprint density at radius 3 is 2.86 bits per heavy atom. The number of rotatable bonds is 4. The van der Waals surface area contributed by atoms with Gasteiger partial charge in [0.15, 0.2) is 0 Å². The molecular formula is C15H20N2O4. The molecule has 2 rings (SSSR count). The van der Waals surface area contributed by atoms with Crippen LogP contribution in [-0.2, 0) is 4.79 Å². The average Bonchev–Trinajstić information content (AvgIpc) is 2.47. The van der Waals surface area contributed by atoms with Crippen LogP contribution in [0, 0.1) is 5.41 Å². The van der Waals surface area contributed by atoms with E-state index < -0.39 is 22.9 Å². The normalized spacial score (nSPS) is 22.0. The number of carboxylic acids is 1. The van der Waals surface area contributed by atoms with Gasteiger partial charge in [-0.15, -0.1) is 0 Å². The third-order valence-corrected chi connectivity index (χ3v) is 4.09. The van der Waals surface area contributed by atoms with Gasteiger partial charge in [0.05, 0.1) is 5.41 Å². The molecule has 114 valence electrons. The number of piperidine rings is 1. The Bertz CT molecular complexity index is 591. The van der Waals surface area contributed by atoms with Crippen LogP contribution in [-0.4, -0.2) is 40.0 Å². The van der Waals surface area contributed by atoms with Crippen LogP contribution in [0.1, 0.15) is 43.0 Å². The van der Waals surface area contributed by atoms with Gasteiger partial charge in [0.25, 0.3) is 11.5 Å². The molecule has 1 aromatic heterocycles. The lowest BCUT2D eigenvalue weighted by molar-refractivity contribution is -0.152. The molecule has 21 heavy (non-hydrogen) atoms. The van der Waals surface area contributed by atoms with E-state index in [1.807, 2.05) is 6.92 Å². The van der Waals surface area contributed by atoms with Crippen LogP contribution < -0.4 is 5.56 Å². The van der Waals surface area contributed by atoms with E-state index in [1.165, 1.54) is 17.2 Å². The van der Waals surface area contributed by atoms with E-state index in [0.29, 0.717) is 25.8 Å². The molecule has 0 radical (unpaired) electrons. The van der Waals surface area contributed by atoms with Gasteiger partial charge in [0, 0.05) is 19.3 Å². The summed E-state index contributed by atoms with van der Waals surface area (Å²) in [6.07, 6.45) is 3.97. The van der Waals surface area contributed by atoms with Crippen molar-refractivity contribution in [2.75, 3.05) is 13.1 Å². The van der Waals surface area contributed by atoms with Crippen LogP contribution >= 0.6 is 0 Å². The van der Waals surface area contributed by atoms with Crippen molar-refractivity contribution in [1.82, 2.24) is 9.88 Å². The second-order valence-electron chi connectivity index (χ2n) is 5.58. The minimum atomic E-state index is -0.885. The van der Waals surface area contributed by atoms with Crippen molar-refractivity contribution < 1.29 is 14.7 Å². The van der Waals surface area contributed by atoms with E-state index >= 15 is 0 Å². The summed E-state index contributed by atoms with van der Waals surface area (Å²) in [6, 6.07) is 3.06. The third kappa shape index (κ3) is 2.99. The summed E-state index contributed by atoms with van der Waals surface area (Å²) >= 11 is 0. The highest BCUT2D eigenvalue weighted by molar-refractivity contribution is 5.94. The van der Waals surface area contributed by atoms with E-state index in [2.05, 4.69) is 4.98 Å². The van der Waals surface area contributed by atoms with Crippen molar-refractivity contribution in [2.45, 2.75) is 32.6 Å². The molecule has 2 heterocycles. The van der Waals surface area contributed by atoms with Crippen molar-refractivity contribution in [3.63, 3.8) is 0 Å². The number of likely N-dealkylation sites (tertiary alicyclic amines) is 1. The molecule has 6 nitrogen and oxygen atoms in total. The molecule has 1 aromatic rings. The minimum absolute atomic E-state index is 0.0650.